The topological polar surface area (TPSA) is 77.5 Å². The SMILES string of the molecule is COc1ccc(O[C@@H]2CCN(C(=O)OCc3ccccc3)C[C@H]2O)cc1OC. The van der Waals surface area contributed by atoms with Gasteiger partial charge in [0.25, 0.3) is 0 Å². The number of β-amino-alcohol motifs (C(OH)–C–C–N with tert-alkyl or cyclic N) is 1. The van der Waals surface area contributed by atoms with Crippen LogP contribution in [-0.4, -0.2) is 55.6 Å². The number of nitrogens with zero attached hydrogens (tertiary/aromatic N) is 1. The van der Waals surface area contributed by atoms with E-state index in [0.29, 0.717) is 30.2 Å². The van der Waals surface area contributed by atoms with Crippen molar-refractivity contribution in [3.05, 3.63) is 54.1 Å². The summed E-state index contributed by atoms with van der Waals surface area (Å²) in [5.41, 5.74) is 0.920. The highest BCUT2D eigenvalue weighted by atomic mass is 16.6. The van der Waals surface area contributed by atoms with Crippen molar-refractivity contribution >= 4 is 6.09 Å². The molecular formula is C21H25NO6. The van der Waals surface area contributed by atoms with Gasteiger partial charge in [0.2, 0.25) is 0 Å². The number of aliphatic hydroxyl groups excluding tert-OH is 1. The summed E-state index contributed by atoms with van der Waals surface area (Å²) in [7, 11) is 3.12. The molecule has 1 amide bonds. The first-order chi connectivity index (χ1) is 13.6. The second-order valence-corrected chi connectivity index (χ2v) is 6.52. The summed E-state index contributed by atoms with van der Waals surface area (Å²) in [4.78, 5) is 13.8. The van der Waals surface area contributed by atoms with Crippen LogP contribution in [0.1, 0.15) is 12.0 Å². The molecule has 1 N–H and O–H groups in total. The summed E-state index contributed by atoms with van der Waals surface area (Å²) >= 11 is 0. The molecule has 1 saturated heterocycles. The van der Waals surface area contributed by atoms with E-state index in [-0.39, 0.29) is 13.2 Å². The Morgan fingerprint density at radius 1 is 1.11 bits per heavy atom. The van der Waals surface area contributed by atoms with Gasteiger partial charge >= 0.3 is 6.09 Å². The zero-order chi connectivity index (χ0) is 19.9. The van der Waals surface area contributed by atoms with Gasteiger partial charge in [-0.15, -0.1) is 0 Å². The molecule has 0 aromatic heterocycles. The van der Waals surface area contributed by atoms with Crippen LogP contribution in [0.2, 0.25) is 0 Å². The summed E-state index contributed by atoms with van der Waals surface area (Å²) in [6, 6.07) is 14.7. The number of benzene rings is 2. The summed E-state index contributed by atoms with van der Waals surface area (Å²) in [6.07, 6.45) is -1.18. The fraction of sp³-hybridized carbons (Fsp3) is 0.381. The molecule has 0 aliphatic carbocycles. The number of amides is 1. The van der Waals surface area contributed by atoms with Crippen LogP contribution in [0.4, 0.5) is 4.79 Å². The lowest BCUT2D eigenvalue weighted by Gasteiger charge is -2.35. The van der Waals surface area contributed by atoms with Crippen LogP contribution in [0.3, 0.4) is 0 Å². The molecule has 3 rings (SSSR count). The zero-order valence-corrected chi connectivity index (χ0v) is 16.0. The number of carbonyl (C=O) groups excluding carboxylic acids is 1. The minimum absolute atomic E-state index is 0.158. The van der Waals surface area contributed by atoms with E-state index in [1.165, 1.54) is 4.90 Å². The monoisotopic (exact) mass is 387 g/mol. The van der Waals surface area contributed by atoms with Crippen molar-refractivity contribution in [1.29, 1.82) is 0 Å². The molecule has 2 aromatic rings. The van der Waals surface area contributed by atoms with Crippen LogP contribution in [-0.2, 0) is 11.3 Å². The molecule has 0 bridgehead atoms. The average Bonchev–Trinajstić information content (AvgIpc) is 2.74. The van der Waals surface area contributed by atoms with Crippen molar-refractivity contribution in [2.75, 3.05) is 27.3 Å². The first-order valence-corrected chi connectivity index (χ1v) is 9.13. The molecule has 1 fully saturated rings. The predicted molar refractivity (Wildman–Crippen MR) is 103 cm³/mol. The Bertz CT molecular complexity index is 782. The minimum atomic E-state index is -0.814. The van der Waals surface area contributed by atoms with Gasteiger partial charge in [0.15, 0.2) is 11.5 Å². The summed E-state index contributed by atoms with van der Waals surface area (Å²) in [6.45, 7) is 0.812. The second-order valence-electron chi connectivity index (χ2n) is 6.52. The van der Waals surface area contributed by atoms with Crippen molar-refractivity contribution in [2.45, 2.75) is 25.2 Å². The van der Waals surface area contributed by atoms with E-state index in [1.807, 2.05) is 30.3 Å². The lowest BCUT2D eigenvalue weighted by atomic mass is 10.1. The number of hydrogen-bond donors (Lipinski definition) is 1. The summed E-state index contributed by atoms with van der Waals surface area (Å²) < 4.78 is 21.7. The lowest BCUT2D eigenvalue weighted by molar-refractivity contribution is -0.0253. The Labute approximate surface area is 164 Å². The molecular weight excluding hydrogens is 362 g/mol. The predicted octanol–water partition coefficient (Wildman–Crippen LogP) is 2.85. The van der Waals surface area contributed by atoms with Gasteiger partial charge in [0.05, 0.1) is 20.8 Å². The van der Waals surface area contributed by atoms with Crippen LogP contribution >= 0.6 is 0 Å². The third-order valence-corrected chi connectivity index (χ3v) is 4.63. The molecule has 0 unspecified atom stereocenters. The van der Waals surface area contributed by atoms with E-state index in [1.54, 1.807) is 32.4 Å². The van der Waals surface area contributed by atoms with Gasteiger partial charge in [-0.3, -0.25) is 0 Å². The molecule has 2 atom stereocenters. The van der Waals surface area contributed by atoms with Gasteiger partial charge < -0.3 is 29.0 Å². The summed E-state index contributed by atoms with van der Waals surface area (Å²) in [5, 5.41) is 10.4. The standard InChI is InChI=1S/C21H25NO6/c1-25-19-9-8-16(12-20(19)26-2)28-18-10-11-22(13-17(18)23)21(24)27-14-15-6-4-3-5-7-15/h3-9,12,17-18,23H,10-11,13-14H2,1-2H3/t17-,18-/m1/s1. The number of carbonyl (C=O) groups is 1. The molecule has 28 heavy (non-hydrogen) atoms. The zero-order valence-electron chi connectivity index (χ0n) is 16.0. The van der Waals surface area contributed by atoms with Gasteiger partial charge in [-0.1, -0.05) is 30.3 Å². The Morgan fingerprint density at radius 2 is 1.86 bits per heavy atom. The third kappa shape index (κ3) is 4.86. The van der Waals surface area contributed by atoms with E-state index in [9.17, 15) is 9.90 Å². The lowest BCUT2D eigenvalue weighted by Crippen LogP contribution is -2.51. The molecule has 1 aliphatic rings. The van der Waals surface area contributed by atoms with Crippen molar-refractivity contribution < 1.29 is 28.8 Å². The number of rotatable bonds is 6. The number of aliphatic hydroxyl groups is 1. The van der Waals surface area contributed by atoms with Crippen LogP contribution < -0.4 is 14.2 Å². The Hall–Kier alpha value is -2.93. The number of likely N-dealkylation sites (tertiary alicyclic amines) is 1. The molecule has 7 heteroatoms. The van der Waals surface area contributed by atoms with E-state index in [0.717, 1.165) is 5.56 Å². The smallest absolute Gasteiger partial charge is 0.410 e. The van der Waals surface area contributed by atoms with E-state index < -0.39 is 18.3 Å². The number of ether oxygens (including phenoxy) is 4. The maximum Gasteiger partial charge on any atom is 0.410 e. The number of piperidine rings is 1. The molecule has 1 aliphatic heterocycles. The molecule has 150 valence electrons. The van der Waals surface area contributed by atoms with E-state index >= 15 is 0 Å². The fourth-order valence-electron chi connectivity index (χ4n) is 3.09. The van der Waals surface area contributed by atoms with Crippen molar-refractivity contribution in [3.63, 3.8) is 0 Å². The van der Waals surface area contributed by atoms with E-state index in [2.05, 4.69) is 0 Å². The van der Waals surface area contributed by atoms with Crippen LogP contribution in [0.5, 0.6) is 17.2 Å². The van der Waals surface area contributed by atoms with Gasteiger partial charge in [-0.05, 0) is 17.7 Å². The molecule has 7 nitrogen and oxygen atoms in total. The average molecular weight is 387 g/mol. The van der Waals surface area contributed by atoms with Gasteiger partial charge in [0.1, 0.15) is 24.6 Å². The van der Waals surface area contributed by atoms with Crippen molar-refractivity contribution in [1.82, 2.24) is 4.90 Å². The third-order valence-electron chi connectivity index (χ3n) is 4.63. The Kier molecular flexibility index (Phi) is 6.60. The van der Waals surface area contributed by atoms with Crippen LogP contribution in [0.25, 0.3) is 0 Å². The highest BCUT2D eigenvalue weighted by molar-refractivity contribution is 5.67. The minimum Gasteiger partial charge on any atom is -0.493 e. The Balaban J connectivity index is 1.52. The Morgan fingerprint density at radius 3 is 2.54 bits per heavy atom. The second kappa shape index (κ2) is 9.32. The normalized spacial score (nSPS) is 19.0. The van der Waals surface area contributed by atoms with Gasteiger partial charge in [-0.2, -0.15) is 0 Å². The number of hydrogen-bond acceptors (Lipinski definition) is 6. The largest absolute Gasteiger partial charge is 0.493 e. The highest BCUT2D eigenvalue weighted by Crippen LogP contribution is 2.32. The maximum absolute atomic E-state index is 12.3. The molecule has 1 heterocycles. The first kappa shape index (κ1) is 19.8. The molecule has 0 saturated carbocycles. The van der Waals surface area contributed by atoms with Gasteiger partial charge in [-0.25, -0.2) is 4.79 Å². The van der Waals surface area contributed by atoms with Crippen LogP contribution in [0.15, 0.2) is 48.5 Å². The highest BCUT2D eigenvalue weighted by Gasteiger charge is 2.32. The van der Waals surface area contributed by atoms with Crippen LogP contribution in [0, 0.1) is 0 Å². The molecule has 0 spiro atoms. The quantitative estimate of drug-likeness (QED) is 0.821. The van der Waals surface area contributed by atoms with Gasteiger partial charge in [0, 0.05) is 19.0 Å². The fourth-order valence-corrected chi connectivity index (χ4v) is 3.09. The van der Waals surface area contributed by atoms with Crippen molar-refractivity contribution in [2.24, 2.45) is 0 Å². The molecule has 0 radical (unpaired) electrons. The first-order valence-electron chi connectivity index (χ1n) is 9.13. The number of methoxy groups -OCH3 is 2. The maximum atomic E-state index is 12.3. The van der Waals surface area contributed by atoms with Crippen molar-refractivity contribution in [3.8, 4) is 17.2 Å². The summed E-state index contributed by atoms with van der Waals surface area (Å²) in [5.74, 6) is 1.73. The van der Waals surface area contributed by atoms with E-state index in [4.69, 9.17) is 18.9 Å². The molecule has 2 aromatic carbocycles.